The van der Waals surface area contributed by atoms with Crippen molar-refractivity contribution in [3.8, 4) is 11.5 Å². The number of urea groups is 1. The average Bonchev–Trinajstić information content (AvgIpc) is 3.11. The van der Waals surface area contributed by atoms with E-state index in [9.17, 15) is 4.79 Å². The van der Waals surface area contributed by atoms with Crippen LogP contribution in [0.3, 0.4) is 0 Å². The van der Waals surface area contributed by atoms with E-state index < -0.39 is 0 Å². The van der Waals surface area contributed by atoms with Gasteiger partial charge in [0.2, 0.25) is 0 Å². The maximum Gasteiger partial charge on any atom is 0.323 e. The first-order valence-corrected chi connectivity index (χ1v) is 9.48. The van der Waals surface area contributed by atoms with E-state index >= 15 is 0 Å². The fraction of sp³-hybridized carbons (Fsp3) is 0.278. The van der Waals surface area contributed by atoms with Crippen molar-refractivity contribution in [2.75, 3.05) is 30.8 Å². The number of hydrogen-bond acceptors (Lipinski definition) is 4. The van der Waals surface area contributed by atoms with E-state index in [-0.39, 0.29) is 11.4 Å². The van der Waals surface area contributed by atoms with Crippen molar-refractivity contribution in [2.24, 2.45) is 0 Å². The van der Waals surface area contributed by atoms with E-state index in [4.69, 9.17) is 21.1 Å². The smallest absolute Gasteiger partial charge is 0.323 e. The van der Waals surface area contributed by atoms with Gasteiger partial charge in [-0.25, -0.2) is 4.79 Å². The SMILES string of the molecule is O=C(Nc1cccc(Cl)c1)N1CCSC1c1ccc2c(c1)OCCO2. The molecule has 1 N–H and O–H groups in total. The monoisotopic (exact) mass is 376 g/mol. The molecule has 130 valence electrons. The topological polar surface area (TPSA) is 50.8 Å². The standard InChI is InChI=1S/C18H17ClN2O3S/c19-13-2-1-3-14(11-13)20-18(22)21-6-9-25-17(21)12-4-5-15-16(10-12)24-8-7-23-15/h1-5,10-11,17H,6-9H2,(H,20,22). The van der Waals surface area contributed by atoms with Crippen LogP contribution in [0.4, 0.5) is 10.5 Å². The molecule has 0 aliphatic carbocycles. The van der Waals surface area contributed by atoms with Crippen LogP contribution in [0.5, 0.6) is 11.5 Å². The second-order valence-corrected chi connectivity index (χ2v) is 7.38. The Morgan fingerprint density at radius 1 is 1.16 bits per heavy atom. The summed E-state index contributed by atoms with van der Waals surface area (Å²) in [6.07, 6.45) is 0. The first-order valence-electron chi connectivity index (χ1n) is 8.05. The van der Waals surface area contributed by atoms with Gasteiger partial charge in [-0.2, -0.15) is 0 Å². The van der Waals surface area contributed by atoms with Crippen LogP contribution in [-0.2, 0) is 0 Å². The third-order valence-electron chi connectivity index (χ3n) is 4.08. The molecule has 1 fully saturated rings. The van der Waals surface area contributed by atoms with Gasteiger partial charge in [-0.1, -0.05) is 23.7 Å². The van der Waals surface area contributed by atoms with E-state index in [1.54, 1.807) is 23.9 Å². The minimum atomic E-state index is -0.132. The highest BCUT2D eigenvalue weighted by molar-refractivity contribution is 7.99. The number of thioether (sulfide) groups is 1. The summed E-state index contributed by atoms with van der Waals surface area (Å²) < 4.78 is 11.2. The number of rotatable bonds is 2. The number of anilines is 1. The number of nitrogens with one attached hydrogen (secondary N) is 1. The van der Waals surface area contributed by atoms with Crippen LogP contribution >= 0.6 is 23.4 Å². The molecule has 5 nitrogen and oxygen atoms in total. The maximum atomic E-state index is 12.7. The van der Waals surface area contributed by atoms with Crippen molar-refractivity contribution < 1.29 is 14.3 Å². The fourth-order valence-corrected chi connectivity index (χ4v) is 4.36. The Morgan fingerprint density at radius 2 is 2.00 bits per heavy atom. The molecule has 0 spiro atoms. The number of benzene rings is 2. The van der Waals surface area contributed by atoms with Crippen molar-refractivity contribution >= 4 is 35.1 Å². The summed E-state index contributed by atoms with van der Waals surface area (Å²) in [5.74, 6) is 2.39. The number of fused-ring (bicyclic) bond motifs is 1. The second-order valence-electron chi connectivity index (χ2n) is 5.76. The molecule has 2 heterocycles. The first kappa shape index (κ1) is 16.4. The third kappa shape index (κ3) is 3.50. The largest absolute Gasteiger partial charge is 0.486 e. The van der Waals surface area contributed by atoms with Crippen LogP contribution in [0.15, 0.2) is 42.5 Å². The van der Waals surface area contributed by atoms with Gasteiger partial charge in [-0.15, -0.1) is 11.8 Å². The molecule has 1 saturated heterocycles. The molecule has 2 aromatic carbocycles. The van der Waals surface area contributed by atoms with Gasteiger partial charge >= 0.3 is 6.03 Å². The minimum Gasteiger partial charge on any atom is -0.486 e. The molecule has 2 aliphatic heterocycles. The van der Waals surface area contributed by atoms with Crippen LogP contribution in [0.1, 0.15) is 10.9 Å². The molecule has 2 aromatic rings. The van der Waals surface area contributed by atoms with E-state index in [2.05, 4.69) is 5.32 Å². The van der Waals surface area contributed by atoms with Gasteiger partial charge in [0.15, 0.2) is 11.5 Å². The number of carbonyl (C=O) groups excluding carboxylic acids is 1. The van der Waals surface area contributed by atoms with Crippen molar-refractivity contribution in [3.63, 3.8) is 0 Å². The van der Waals surface area contributed by atoms with Gasteiger partial charge in [0.1, 0.15) is 18.6 Å². The zero-order valence-electron chi connectivity index (χ0n) is 13.4. The second kappa shape index (κ2) is 7.06. The molecular formula is C18H17ClN2O3S. The van der Waals surface area contributed by atoms with Gasteiger partial charge in [-0.3, -0.25) is 0 Å². The van der Waals surface area contributed by atoms with Gasteiger partial charge in [0.25, 0.3) is 0 Å². The third-order valence-corrected chi connectivity index (χ3v) is 5.57. The molecule has 1 unspecified atom stereocenters. The molecule has 0 aromatic heterocycles. The summed E-state index contributed by atoms with van der Waals surface area (Å²) in [4.78, 5) is 14.5. The molecule has 1 atom stereocenters. The highest BCUT2D eigenvalue weighted by atomic mass is 35.5. The van der Waals surface area contributed by atoms with E-state index in [0.717, 1.165) is 22.8 Å². The molecule has 0 radical (unpaired) electrons. The summed E-state index contributed by atoms with van der Waals surface area (Å²) >= 11 is 7.72. The van der Waals surface area contributed by atoms with Crippen molar-refractivity contribution in [1.82, 2.24) is 4.90 Å². The van der Waals surface area contributed by atoms with Gasteiger partial charge in [0, 0.05) is 23.0 Å². The Labute approximate surface area is 155 Å². The quantitative estimate of drug-likeness (QED) is 0.844. The highest BCUT2D eigenvalue weighted by Crippen LogP contribution is 2.41. The summed E-state index contributed by atoms with van der Waals surface area (Å²) in [6.45, 7) is 1.81. The number of nitrogens with zero attached hydrogens (tertiary/aromatic N) is 1. The van der Waals surface area contributed by atoms with Crippen LogP contribution in [-0.4, -0.2) is 36.4 Å². The predicted molar refractivity (Wildman–Crippen MR) is 99.8 cm³/mol. The summed E-state index contributed by atoms with van der Waals surface area (Å²) in [6, 6.07) is 12.9. The lowest BCUT2D eigenvalue weighted by Gasteiger charge is -2.26. The lowest BCUT2D eigenvalue weighted by molar-refractivity contribution is 0.171. The van der Waals surface area contributed by atoms with Gasteiger partial charge < -0.3 is 19.7 Å². The zero-order valence-corrected chi connectivity index (χ0v) is 15.0. The van der Waals surface area contributed by atoms with Crippen molar-refractivity contribution in [2.45, 2.75) is 5.37 Å². The Kier molecular flexibility index (Phi) is 4.63. The van der Waals surface area contributed by atoms with E-state index in [1.165, 1.54) is 0 Å². The molecule has 7 heteroatoms. The van der Waals surface area contributed by atoms with Crippen LogP contribution in [0.2, 0.25) is 5.02 Å². The predicted octanol–water partition coefficient (Wildman–Crippen LogP) is 4.39. The minimum absolute atomic E-state index is 0.0463. The molecule has 0 saturated carbocycles. The van der Waals surface area contributed by atoms with Crippen molar-refractivity contribution in [1.29, 1.82) is 0 Å². The molecule has 2 aliphatic rings. The first-order chi connectivity index (χ1) is 12.2. The van der Waals surface area contributed by atoms with Crippen molar-refractivity contribution in [3.05, 3.63) is 53.1 Å². The Morgan fingerprint density at radius 3 is 2.84 bits per heavy atom. The Bertz CT molecular complexity index is 802. The molecule has 25 heavy (non-hydrogen) atoms. The molecule has 2 amide bonds. The molecular weight excluding hydrogens is 360 g/mol. The summed E-state index contributed by atoms with van der Waals surface area (Å²) in [5.41, 5.74) is 1.73. The average molecular weight is 377 g/mol. The number of amides is 2. The number of halogens is 1. The summed E-state index contributed by atoms with van der Waals surface area (Å²) in [5, 5.41) is 3.47. The Hall–Kier alpha value is -2.05. The lowest BCUT2D eigenvalue weighted by atomic mass is 10.1. The Balaban J connectivity index is 1.53. The zero-order chi connectivity index (χ0) is 17.2. The highest BCUT2D eigenvalue weighted by Gasteiger charge is 2.31. The van der Waals surface area contributed by atoms with Crippen LogP contribution < -0.4 is 14.8 Å². The molecule has 4 rings (SSSR count). The lowest BCUT2D eigenvalue weighted by Crippen LogP contribution is -2.34. The normalized spacial score (nSPS) is 18.9. The molecule has 0 bridgehead atoms. The van der Waals surface area contributed by atoms with Gasteiger partial charge in [0.05, 0.1) is 0 Å². The van der Waals surface area contributed by atoms with Crippen LogP contribution in [0, 0.1) is 0 Å². The number of carbonyl (C=O) groups is 1. The summed E-state index contributed by atoms with van der Waals surface area (Å²) in [7, 11) is 0. The van der Waals surface area contributed by atoms with E-state index in [1.807, 2.05) is 35.2 Å². The number of hydrogen-bond donors (Lipinski definition) is 1. The van der Waals surface area contributed by atoms with Crippen LogP contribution in [0.25, 0.3) is 0 Å². The maximum absolute atomic E-state index is 12.7. The van der Waals surface area contributed by atoms with Gasteiger partial charge in [-0.05, 0) is 35.9 Å². The fourth-order valence-electron chi connectivity index (χ4n) is 2.93. The van der Waals surface area contributed by atoms with E-state index in [0.29, 0.717) is 30.5 Å². The number of ether oxygens (including phenoxy) is 2.